The van der Waals surface area contributed by atoms with Gasteiger partial charge in [-0.1, -0.05) is 65.5 Å². The fraction of sp³-hybridized carbons (Fsp3) is 0.739. The number of hydrogen-bond acceptors (Lipinski definition) is 4. The topological polar surface area (TPSA) is 21.8 Å². The number of fused-ring (bicyclic) bond motifs is 1. The molecule has 2 rings (SSSR count). The van der Waals surface area contributed by atoms with Gasteiger partial charge in [-0.25, -0.2) is 10.1 Å². The van der Waals surface area contributed by atoms with E-state index >= 15 is 0 Å². The summed E-state index contributed by atoms with van der Waals surface area (Å²) in [4.78, 5) is 0. The van der Waals surface area contributed by atoms with Crippen molar-refractivity contribution in [2.75, 3.05) is 17.6 Å². The lowest BCUT2D eigenvalue weighted by atomic mass is 10.0. The highest BCUT2D eigenvalue weighted by Crippen LogP contribution is 2.37. The van der Waals surface area contributed by atoms with Gasteiger partial charge in [0.05, 0.1) is 11.4 Å². The molecule has 1 aromatic carbocycles. The van der Waals surface area contributed by atoms with E-state index in [0.717, 1.165) is 11.8 Å². The number of nitrogens with one attached hydrogen (secondary N) is 1. The Labute approximate surface area is 167 Å². The van der Waals surface area contributed by atoms with Crippen molar-refractivity contribution >= 4 is 11.4 Å². The van der Waals surface area contributed by atoms with E-state index in [1.165, 1.54) is 49.9 Å². The molecule has 1 heterocycles. The number of rotatable bonds is 11. The third-order valence-electron chi connectivity index (χ3n) is 5.72. The Hall–Kier alpha value is -1.26. The Morgan fingerprint density at radius 3 is 2.07 bits per heavy atom. The molecule has 27 heavy (non-hydrogen) atoms. The van der Waals surface area contributed by atoms with Crippen molar-refractivity contribution in [3.63, 3.8) is 0 Å². The van der Waals surface area contributed by atoms with Crippen LogP contribution in [0.1, 0.15) is 80.1 Å². The summed E-state index contributed by atoms with van der Waals surface area (Å²) >= 11 is 0. The minimum absolute atomic E-state index is 0.446. The molecule has 1 aliphatic heterocycles. The van der Waals surface area contributed by atoms with Crippen LogP contribution in [0.3, 0.4) is 0 Å². The van der Waals surface area contributed by atoms with Crippen molar-refractivity contribution in [2.24, 2.45) is 11.8 Å². The van der Waals surface area contributed by atoms with E-state index in [2.05, 4.69) is 93.5 Å². The third-order valence-corrected chi connectivity index (χ3v) is 5.72. The molecule has 2 atom stereocenters. The molecular weight excluding hydrogens is 332 g/mol. The Morgan fingerprint density at radius 1 is 0.852 bits per heavy atom. The van der Waals surface area contributed by atoms with Crippen molar-refractivity contribution < 1.29 is 0 Å². The molecule has 0 fully saturated rings. The van der Waals surface area contributed by atoms with Gasteiger partial charge in [-0.05, 0) is 50.7 Å². The summed E-state index contributed by atoms with van der Waals surface area (Å²) in [7, 11) is 2.23. The number of benzene rings is 1. The van der Waals surface area contributed by atoms with Crippen LogP contribution in [0, 0.1) is 11.8 Å². The van der Waals surface area contributed by atoms with E-state index < -0.39 is 0 Å². The maximum absolute atomic E-state index is 3.65. The summed E-state index contributed by atoms with van der Waals surface area (Å²) in [5, 5.41) is 7.12. The van der Waals surface area contributed by atoms with Crippen LogP contribution in [0.4, 0.5) is 11.4 Å². The van der Waals surface area contributed by atoms with Gasteiger partial charge in [0.1, 0.15) is 0 Å². The molecule has 1 aromatic rings. The van der Waals surface area contributed by atoms with Crippen LogP contribution >= 0.6 is 0 Å². The number of hydrazine groups is 3. The maximum atomic E-state index is 3.65. The van der Waals surface area contributed by atoms with Gasteiger partial charge in [0.25, 0.3) is 0 Å². The van der Waals surface area contributed by atoms with Gasteiger partial charge in [0.15, 0.2) is 0 Å². The summed E-state index contributed by atoms with van der Waals surface area (Å²) in [6.45, 7) is 13.9. The minimum atomic E-state index is 0.446. The molecular formula is C23H42N4. The normalized spacial score (nSPS) is 16.9. The molecule has 154 valence electrons. The van der Waals surface area contributed by atoms with Crippen LogP contribution in [0.25, 0.3) is 0 Å². The summed E-state index contributed by atoms with van der Waals surface area (Å²) in [6, 6.07) is 9.60. The number of nitrogens with zero attached hydrogens (tertiary/aromatic N) is 3. The van der Waals surface area contributed by atoms with Crippen molar-refractivity contribution in [1.82, 2.24) is 10.1 Å². The molecule has 0 saturated heterocycles. The predicted molar refractivity (Wildman–Crippen MR) is 118 cm³/mol. The highest BCUT2D eigenvalue weighted by molar-refractivity contribution is 5.72. The number of hydrogen-bond donors (Lipinski definition) is 1. The van der Waals surface area contributed by atoms with Crippen molar-refractivity contribution in [1.29, 1.82) is 0 Å². The Morgan fingerprint density at radius 2 is 1.44 bits per heavy atom. The van der Waals surface area contributed by atoms with E-state index in [0.29, 0.717) is 12.1 Å². The summed E-state index contributed by atoms with van der Waals surface area (Å²) in [6.07, 6.45) is 7.59. The molecule has 1 N–H and O–H groups in total. The first-order chi connectivity index (χ1) is 12.8. The van der Waals surface area contributed by atoms with Gasteiger partial charge in [-0.3, -0.25) is 5.43 Å². The fourth-order valence-electron chi connectivity index (χ4n) is 3.79. The Kier molecular flexibility index (Phi) is 8.43. The average molecular weight is 375 g/mol. The van der Waals surface area contributed by atoms with Gasteiger partial charge in [0, 0.05) is 19.1 Å². The summed E-state index contributed by atoms with van der Waals surface area (Å²) in [5.74, 6) is 1.56. The first kappa shape index (κ1) is 22.0. The van der Waals surface area contributed by atoms with Crippen LogP contribution < -0.4 is 10.5 Å². The zero-order valence-corrected chi connectivity index (χ0v) is 18.7. The van der Waals surface area contributed by atoms with Gasteiger partial charge in [-0.15, -0.1) is 5.12 Å². The van der Waals surface area contributed by atoms with E-state index in [4.69, 9.17) is 0 Å². The lowest BCUT2D eigenvalue weighted by molar-refractivity contribution is 0.0824. The molecule has 0 aromatic heterocycles. The Balaban J connectivity index is 2.07. The van der Waals surface area contributed by atoms with Gasteiger partial charge in [-0.2, -0.15) is 0 Å². The lowest BCUT2D eigenvalue weighted by Gasteiger charge is -2.42. The molecule has 1 aliphatic rings. The molecule has 0 radical (unpaired) electrons. The van der Waals surface area contributed by atoms with Gasteiger partial charge < -0.3 is 0 Å². The molecule has 0 saturated carbocycles. The molecule has 4 nitrogen and oxygen atoms in total. The standard InChI is InChI=1S/C23H42N4/c1-18(2)12-10-14-20(5)25(7)27-23-17-9-8-16-22(23)24-26(27)21(6)15-11-13-19(3)4/h8-9,16-21,24H,10-15H2,1-7H3. The van der Waals surface area contributed by atoms with Crippen LogP contribution in [-0.4, -0.2) is 29.3 Å². The highest BCUT2D eigenvalue weighted by atomic mass is 16.0. The second-order valence-corrected chi connectivity index (χ2v) is 9.18. The van der Waals surface area contributed by atoms with Gasteiger partial charge in [0.2, 0.25) is 0 Å². The van der Waals surface area contributed by atoms with Crippen molar-refractivity contribution in [2.45, 2.75) is 92.2 Å². The second-order valence-electron chi connectivity index (χ2n) is 9.18. The van der Waals surface area contributed by atoms with E-state index in [9.17, 15) is 0 Å². The zero-order chi connectivity index (χ0) is 20.0. The number of anilines is 2. The van der Waals surface area contributed by atoms with Crippen molar-refractivity contribution in [3.8, 4) is 0 Å². The van der Waals surface area contributed by atoms with Crippen molar-refractivity contribution in [3.05, 3.63) is 24.3 Å². The molecule has 0 aliphatic carbocycles. The SMILES string of the molecule is CC(C)CCCC(C)N(C)N1c2ccccc2NN1C(C)CCCC(C)C. The third kappa shape index (κ3) is 6.11. The van der Waals surface area contributed by atoms with E-state index in [1.807, 2.05) is 0 Å². The average Bonchev–Trinajstić information content (AvgIpc) is 2.99. The monoisotopic (exact) mass is 374 g/mol. The highest BCUT2D eigenvalue weighted by Gasteiger charge is 2.34. The largest absolute Gasteiger partial charge is 0.298 e. The zero-order valence-electron chi connectivity index (χ0n) is 18.7. The van der Waals surface area contributed by atoms with Crippen LogP contribution in [0.2, 0.25) is 0 Å². The molecule has 0 spiro atoms. The van der Waals surface area contributed by atoms with Crippen LogP contribution in [0.15, 0.2) is 24.3 Å². The van der Waals surface area contributed by atoms with E-state index in [1.54, 1.807) is 0 Å². The molecule has 2 unspecified atom stereocenters. The lowest BCUT2D eigenvalue weighted by Crippen LogP contribution is -2.56. The van der Waals surface area contributed by atoms with Crippen LogP contribution in [0.5, 0.6) is 0 Å². The first-order valence-corrected chi connectivity index (χ1v) is 11.0. The number of para-hydroxylation sites is 2. The smallest absolute Gasteiger partial charge is 0.0971 e. The van der Waals surface area contributed by atoms with Gasteiger partial charge >= 0.3 is 0 Å². The predicted octanol–water partition coefficient (Wildman–Crippen LogP) is 6.33. The first-order valence-electron chi connectivity index (χ1n) is 11.0. The fourth-order valence-corrected chi connectivity index (χ4v) is 3.79. The summed E-state index contributed by atoms with van der Waals surface area (Å²) < 4.78 is 0. The molecule has 0 bridgehead atoms. The Bertz CT molecular complexity index is 557. The minimum Gasteiger partial charge on any atom is -0.298 e. The van der Waals surface area contributed by atoms with E-state index in [-0.39, 0.29) is 0 Å². The summed E-state index contributed by atoms with van der Waals surface area (Å²) in [5.41, 5.74) is 6.11. The second kappa shape index (κ2) is 10.3. The maximum Gasteiger partial charge on any atom is 0.0971 e. The van der Waals surface area contributed by atoms with Crippen LogP contribution in [-0.2, 0) is 0 Å². The quantitative estimate of drug-likeness (QED) is 0.488. The molecule has 0 amide bonds. The molecule has 4 heteroatoms.